The Kier molecular flexibility index (Phi) is 5.79. The Balaban J connectivity index is 2.04. The van der Waals surface area contributed by atoms with E-state index in [1.54, 1.807) is 7.05 Å². The third-order valence-electron chi connectivity index (χ3n) is 4.15. The van der Waals surface area contributed by atoms with Crippen LogP contribution in [0.2, 0.25) is 0 Å². The number of nitrogens with one attached hydrogen (secondary N) is 2. The molecule has 1 aromatic carbocycles. The third-order valence-corrected chi connectivity index (χ3v) is 4.15. The molecule has 140 valence electrons. The number of rotatable bonds is 6. The lowest BCUT2D eigenvalue weighted by molar-refractivity contribution is -0.926. The molecular formula is C18H26N5O3+. The van der Waals surface area contributed by atoms with Gasteiger partial charge >= 0.3 is 5.69 Å². The van der Waals surface area contributed by atoms with Gasteiger partial charge in [0.15, 0.2) is 6.54 Å². The van der Waals surface area contributed by atoms with E-state index in [0.717, 1.165) is 4.57 Å². The zero-order chi connectivity index (χ0) is 19.5. The molecule has 0 aliphatic carbocycles. The molecule has 0 aliphatic heterocycles. The first-order chi connectivity index (χ1) is 12.1. The summed E-state index contributed by atoms with van der Waals surface area (Å²) in [5.74, 6) is 6.32. The normalized spacial score (nSPS) is 13.5. The largest absolute Gasteiger partial charge is 0.328 e. The van der Waals surface area contributed by atoms with Crippen molar-refractivity contribution in [2.45, 2.75) is 26.3 Å². The maximum atomic E-state index is 12.3. The Hall–Kier alpha value is -2.71. The highest BCUT2D eigenvalue weighted by Gasteiger charge is 2.24. The van der Waals surface area contributed by atoms with Crippen LogP contribution in [0.15, 0.2) is 40.1 Å². The van der Waals surface area contributed by atoms with Crippen LogP contribution in [0.3, 0.4) is 0 Å². The summed E-state index contributed by atoms with van der Waals surface area (Å²) in [6.45, 7) is 4.30. The second kappa shape index (κ2) is 7.67. The Bertz CT molecular complexity index is 894. The SMILES string of the molecule is CC(C)c1ccc(NC(=O)C[N@@+](C)(N)Cc2c[nH]c(=O)n(C)c2=O)cc1. The summed E-state index contributed by atoms with van der Waals surface area (Å²) in [6, 6.07) is 7.65. The molecule has 0 spiro atoms. The number of hydrogen-bond acceptors (Lipinski definition) is 4. The number of likely N-dealkylation sites (N-methyl/N-ethyl adjacent to an activating group) is 1. The summed E-state index contributed by atoms with van der Waals surface area (Å²) in [6.07, 6.45) is 1.34. The van der Waals surface area contributed by atoms with Gasteiger partial charge in [-0.2, -0.15) is 5.84 Å². The van der Waals surface area contributed by atoms with Crippen molar-refractivity contribution in [1.29, 1.82) is 0 Å². The van der Waals surface area contributed by atoms with Crippen LogP contribution in [-0.4, -0.2) is 33.6 Å². The summed E-state index contributed by atoms with van der Waals surface area (Å²) in [7, 11) is 3.03. The minimum Gasteiger partial charge on any atom is -0.321 e. The van der Waals surface area contributed by atoms with Crippen LogP contribution in [0.1, 0.15) is 30.9 Å². The monoisotopic (exact) mass is 360 g/mol. The number of aromatic amines is 1. The standard InChI is InChI=1S/C18H25N5O3/c1-12(2)13-5-7-15(8-6-13)21-16(24)11-23(4,19)10-14-9-20-18(26)22(3)17(14)25/h5-9,12H,10-11,19H2,1-4H3,(H-,20,21,24,25,26)/p+1/t23-/m0/s1. The van der Waals surface area contributed by atoms with Crippen LogP contribution in [0.25, 0.3) is 0 Å². The van der Waals surface area contributed by atoms with Gasteiger partial charge < -0.3 is 10.3 Å². The first kappa shape index (κ1) is 19.6. The Morgan fingerprint density at radius 3 is 2.46 bits per heavy atom. The molecule has 0 unspecified atom stereocenters. The highest BCUT2D eigenvalue weighted by atomic mass is 16.2. The van der Waals surface area contributed by atoms with E-state index in [1.165, 1.54) is 18.8 Å². The van der Waals surface area contributed by atoms with E-state index < -0.39 is 11.2 Å². The van der Waals surface area contributed by atoms with Gasteiger partial charge in [0, 0.05) is 18.9 Å². The molecule has 0 fully saturated rings. The fraction of sp³-hybridized carbons (Fsp3) is 0.389. The van der Waals surface area contributed by atoms with Gasteiger partial charge in [-0.25, -0.2) is 9.39 Å². The van der Waals surface area contributed by atoms with E-state index in [-0.39, 0.29) is 23.6 Å². The number of amides is 1. The molecule has 1 aromatic heterocycles. The van der Waals surface area contributed by atoms with Gasteiger partial charge in [-0.05, 0) is 23.6 Å². The molecule has 0 saturated heterocycles. The number of H-pyrrole nitrogens is 1. The summed E-state index contributed by atoms with van der Waals surface area (Å²) in [4.78, 5) is 38.3. The van der Waals surface area contributed by atoms with Gasteiger partial charge in [0.25, 0.3) is 11.5 Å². The van der Waals surface area contributed by atoms with E-state index in [9.17, 15) is 14.4 Å². The molecule has 2 aromatic rings. The van der Waals surface area contributed by atoms with Crippen molar-refractivity contribution in [3.05, 3.63) is 62.4 Å². The number of carbonyl (C=O) groups is 1. The van der Waals surface area contributed by atoms with Gasteiger partial charge in [0.1, 0.15) is 6.54 Å². The van der Waals surface area contributed by atoms with Crippen molar-refractivity contribution in [2.24, 2.45) is 12.9 Å². The van der Waals surface area contributed by atoms with E-state index >= 15 is 0 Å². The number of hydrogen-bond donors (Lipinski definition) is 3. The smallest absolute Gasteiger partial charge is 0.321 e. The molecule has 0 radical (unpaired) electrons. The van der Waals surface area contributed by atoms with Crippen molar-refractivity contribution < 1.29 is 9.39 Å². The topological polar surface area (TPSA) is 110 Å². The van der Waals surface area contributed by atoms with Gasteiger partial charge in [-0.15, -0.1) is 0 Å². The number of benzene rings is 1. The van der Waals surface area contributed by atoms with Crippen LogP contribution in [0.5, 0.6) is 0 Å². The lowest BCUT2D eigenvalue weighted by Crippen LogP contribution is -2.55. The molecule has 8 nitrogen and oxygen atoms in total. The van der Waals surface area contributed by atoms with Crippen LogP contribution >= 0.6 is 0 Å². The van der Waals surface area contributed by atoms with Crippen molar-refractivity contribution in [3.8, 4) is 0 Å². The maximum Gasteiger partial charge on any atom is 0.328 e. The fourth-order valence-electron chi connectivity index (χ4n) is 2.65. The molecule has 0 saturated carbocycles. The fourth-order valence-corrected chi connectivity index (χ4v) is 2.65. The Morgan fingerprint density at radius 2 is 1.88 bits per heavy atom. The first-order valence-corrected chi connectivity index (χ1v) is 8.39. The van der Waals surface area contributed by atoms with Gasteiger partial charge in [-0.1, -0.05) is 26.0 Å². The average Bonchev–Trinajstić information content (AvgIpc) is 2.55. The molecule has 2 rings (SSSR count). The van der Waals surface area contributed by atoms with Crippen LogP contribution in [0.4, 0.5) is 5.69 Å². The predicted octanol–water partition coefficient (Wildman–Crippen LogP) is 0.656. The molecule has 0 aliphatic rings. The first-order valence-electron chi connectivity index (χ1n) is 8.39. The Morgan fingerprint density at radius 1 is 1.27 bits per heavy atom. The van der Waals surface area contributed by atoms with Crippen molar-refractivity contribution in [3.63, 3.8) is 0 Å². The number of nitrogens with two attached hydrogens (primary N) is 1. The van der Waals surface area contributed by atoms with E-state index in [1.807, 2.05) is 24.3 Å². The van der Waals surface area contributed by atoms with Gasteiger partial charge in [0.2, 0.25) is 0 Å². The van der Waals surface area contributed by atoms with Crippen molar-refractivity contribution in [1.82, 2.24) is 9.55 Å². The minimum atomic E-state index is -0.493. The number of aromatic nitrogens is 2. The summed E-state index contributed by atoms with van der Waals surface area (Å²) in [5.41, 5.74) is 1.31. The zero-order valence-electron chi connectivity index (χ0n) is 15.6. The molecule has 8 heteroatoms. The summed E-state index contributed by atoms with van der Waals surface area (Å²) in [5, 5.41) is 2.81. The number of quaternary nitrogens is 1. The zero-order valence-corrected chi connectivity index (χ0v) is 15.6. The number of anilines is 1. The van der Waals surface area contributed by atoms with E-state index in [0.29, 0.717) is 17.2 Å². The highest BCUT2D eigenvalue weighted by molar-refractivity contribution is 5.91. The molecular weight excluding hydrogens is 334 g/mol. The van der Waals surface area contributed by atoms with Crippen LogP contribution in [-0.2, 0) is 18.4 Å². The molecule has 1 atom stereocenters. The van der Waals surface area contributed by atoms with E-state index in [2.05, 4.69) is 24.1 Å². The lowest BCUT2D eigenvalue weighted by atomic mass is 10.0. The molecule has 1 amide bonds. The predicted molar refractivity (Wildman–Crippen MR) is 100 cm³/mol. The second-order valence-corrected chi connectivity index (χ2v) is 7.10. The quantitative estimate of drug-likeness (QED) is 0.399. The van der Waals surface area contributed by atoms with Crippen molar-refractivity contribution >= 4 is 11.6 Å². The lowest BCUT2D eigenvalue weighted by Gasteiger charge is -2.27. The molecule has 26 heavy (non-hydrogen) atoms. The van der Waals surface area contributed by atoms with Gasteiger partial charge in [-0.3, -0.25) is 14.2 Å². The van der Waals surface area contributed by atoms with Crippen LogP contribution in [0, 0.1) is 0 Å². The summed E-state index contributed by atoms with van der Waals surface area (Å²) < 4.78 is 0.767. The molecule has 4 N–H and O–H groups in total. The maximum absolute atomic E-state index is 12.3. The Labute approximate surface area is 151 Å². The molecule has 1 heterocycles. The van der Waals surface area contributed by atoms with E-state index in [4.69, 9.17) is 5.84 Å². The second-order valence-electron chi connectivity index (χ2n) is 7.10. The minimum absolute atomic E-state index is 0.0196. The third kappa shape index (κ3) is 4.90. The number of carbonyl (C=O) groups excluding carboxylic acids is 1. The number of nitrogens with zero attached hydrogens (tertiary/aromatic N) is 2. The average molecular weight is 360 g/mol. The summed E-state index contributed by atoms with van der Waals surface area (Å²) >= 11 is 0. The van der Waals surface area contributed by atoms with Gasteiger partial charge in [0.05, 0.1) is 12.6 Å². The molecule has 0 bridgehead atoms. The highest BCUT2D eigenvalue weighted by Crippen LogP contribution is 2.17. The van der Waals surface area contributed by atoms with Crippen LogP contribution < -0.4 is 22.4 Å². The van der Waals surface area contributed by atoms with Crippen molar-refractivity contribution in [2.75, 3.05) is 18.9 Å².